The molecule has 0 atom stereocenters. The number of rotatable bonds is 4. The molecule has 0 aromatic heterocycles. The molecule has 0 aliphatic carbocycles. The standard InChI is InChI=1S/C12H15ClFNO/c1-8-4-11(13)10(5-12(8)14)7-15(3)6-9(2)16/h4-5H,6-7H2,1-3H3. The Morgan fingerprint density at radius 1 is 1.50 bits per heavy atom. The Balaban J connectivity index is 2.81. The first kappa shape index (κ1) is 13.1. The zero-order valence-corrected chi connectivity index (χ0v) is 10.4. The highest BCUT2D eigenvalue weighted by atomic mass is 35.5. The molecule has 0 spiro atoms. The first-order chi connectivity index (χ1) is 7.40. The van der Waals surface area contributed by atoms with Crippen LogP contribution in [0, 0.1) is 12.7 Å². The maximum Gasteiger partial charge on any atom is 0.143 e. The highest BCUT2D eigenvalue weighted by Crippen LogP contribution is 2.21. The van der Waals surface area contributed by atoms with E-state index < -0.39 is 0 Å². The summed E-state index contributed by atoms with van der Waals surface area (Å²) in [6, 6.07) is 3.03. The molecule has 4 heteroatoms. The largest absolute Gasteiger partial charge is 0.299 e. The topological polar surface area (TPSA) is 20.3 Å². The van der Waals surface area contributed by atoms with Crippen molar-refractivity contribution in [3.63, 3.8) is 0 Å². The molecule has 0 heterocycles. The minimum atomic E-state index is -0.268. The monoisotopic (exact) mass is 243 g/mol. The normalized spacial score (nSPS) is 10.9. The summed E-state index contributed by atoms with van der Waals surface area (Å²) in [5, 5.41) is 0.536. The highest BCUT2D eigenvalue weighted by Gasteiger charge is 2.09. The van der Waals surface area contributed by atoms with E-state index in [1.807, 2.05) is 0 Å². The average molecular weight is 244 g/mol. The zero-order chi connectivity index (χ0) is 12.3. The molecule has 1 rings (SSSR count). The van der Waals surface area contributed by atoms with E-state index in [2.05, 4.69) is 0 Å². The number of likely N-dealkylation sites (N-methyl/N-ethyl adjacent to an activating group) is 1. The summed E-state index contributed by atoms with van der Waals surface area (Å²) in [4.78, 5) is 12.7. The van der Waals surface area contributed by atoms with Crippen LogP contribution in [0.5, 0.6) is 0 Å². The fraction of sp³-hybridized carbons (Fsp3) is 0.417. The van der Waals surface area contributed by atoms with E-state index in [0.717, 1.165) is 0 Å². The predicted molar refractivity (Wildman–Crippen MR) is 63.2 cm³/mol. The fourth-order valence-electron chi connectivity index (χ4n) is 1.54. The molecule has 0 N–H and O–H groups in total. The molecular formula is C12H15ClFNO. The highest BCUT2D eigenvalue weighted by molar-refractivity contribution is 6.31. The molecule has 1 aromatic carbocycles. The number of aryl methyl sites for hydroxylation is 1. The average Bonchev–Trinajstić information content (AvgIpc) is 2.12. The Hall–Kier alpha value is -0.930. The zero-order valence-electron chi connectivity index (χ0n) is 9.68. The Kier molecular flexibility index (Phi) is 4.44. The number of carbonyl (C=O) groups is 1. The van der Waals surface area contributed by atoms with Crippen LogP contribution < -0.4 is 0 Å². The van der Waals surface area contributed by atoms with E-state index in [-0.39, 0.29) is 11.6 Å². The number of hydrogen-bond acceptors (Lipinski definition) is 2. The van der Waals surface area contributed by atoms with Gasteiger partial charge in [-0.25, -0.2) is 4.39 Å². The SMILES string of the molecule is CC(=O)CN(C)Cc1cc(F)c(C)cc1Cl. The summed E-state index contributed by atoms with van der Waals surface area (Å²) in [6.07, 6.45) is 0. The van der Waals surface area contributed by atoms with Crippen LogP contribution in [0.3, 0.4) is 0 Å². The van der Waals surface area contributed by atoms with E-state index >= 15 is 0 Å². The molecule has 0 saturated heterocycles. The minimum Gasteiger partial charge on any atom is -0.299 e. The first-order valence-corrected chi connectivity index (χ1v) is 5.40. The van der Waals surface area contributed by atoms with Gasteiger partial charge in [0.25, 0.3) is 0 Å². The van der Waals surface area contributed by atoms with Gasteiger partial charge in [0, 0.05) is 11.6 Å². The quantitative estimate of drug-likeness (QED) is 0.811. The summed E-state index contributed by atoms with van der Waals surface area (Å²) in [7, 11) is 1.80. The molecular weight excluding hydrogens is 229 g/mol. The maximum absolute atomic E-state index is 13.3. The van der Waals surface area contributed by atoms with Gasteiger partial charge in [-0.2, -0.15) is 0 Å². The molecule has 0 bridgehead atoms. The number of hydrogen-bond donors (Lipinski definition) is 0. The van der Waals surface area contributed by atoms with E-state index in [1.54, 1.807) is 24.9 Å². The predicted octanol–water partition coefficient (Wildman–Crippen LogP) is 2.81. The van der Waals surface area contributed by atoms with Gasteiger partial charge in [0.2, 0.25) is 0 Å². The second kappa shape index (κ2) is 5.41. The van der Waals surface area contributed by atoms with Crippen LogP contribution in [0.4, 0.5) is 4.39 Å². The van der Waals surface area contributed by atoms with Gasteiger partial charge in [-0.05, 0) is 44.2 Å². The Labute approximate surface area is 100 Å². The van der Waals surface area contributed by atoms with Gasteiger partial charge in [-0.1, -0.05) is 11.6 Å². The second-order valence-electron chi connectivity index (χ2n) is 4.07. The lowest BCUT2D eigenvalue weighted by molar-refractivity contribution is -0.117. The van der Waals surface area contributed by atoms with E-state index in [4.69, 9.17) is 11.6 Å². The first-order valence-electron chi connectivity index (χ1n) is 5.02. The van der Waals surface area contributed by atoms with Crippen LogP contribution in [0.25, 0.3) is 0 Å². The summed E-state index contributed by atoms with van der Waals surface area (Å²) in [5.41, 5.74) is 1.23. The van der Waals surface area contributed by atoms with Crippen molar-refractivity contribution in [2.45, 2.75) is 20.4 Å². The lowest BCUT2D eigenvalue weighted by Crippen LogP contribution is -2.24. The van der Waals surface area contributed by atoms with Crippen molar-refractivity contribution in [3.8, 4) is 0 Å². The van der Waals surface area contributed by atoms with Gasteiger partial charge in [0.1, 0.15) is 11.6 Å². The fourth-order valence-corrected chi connectivity index (χ4v) is 1.81. The van der Waals surface area contributed by atoms with Crippen molar-refractivity contribution < 1.29 is 9.18 Å². The van der Waals surface area contributed by atoms with Gasteiger partial charge in [0.15, 0.2) is 0 Å². The van der Waals surface area contributed by atoms with E-state index in [1.165, 1.54) is 13.0 Å². The number of carbonyl (C=O) groups excluding carboxylic acids is 1. The minimum absolute atomic E-state index is 0.0752. The third kappa shape index (κ3) is 3.58. The van der Waals surface area contributed by atoms with Crippen LogP contribution in [0.1, 0.15) is 18.1 Å². The molecule has 1 aromatic rings. The molecule has 0 aliphatic heterocycles. The molecule has 0 amide bonds. The van der Waals surface area contributed by atoms with E-state index in [9.17, 15) is 9.18 Å². The summed E-state index contributed by atoms with van der Waals surface area (Å²) in [6.45, 7) is 4.00. The van der Waals surface area contributed by atoms with Crippen LogP contribution in [0.15, 0.2) is 12.1 Å². The summed E-state index contributed by atoms with van der Waals surface area (Å²) >= 11 is 6.00. The van der Waals surface area contributed by atoms with Crippen LogP contribution in [-0.4, -0.2) is 24.3 Å². The van der Waals surface area contributed by atoms with Gasteiger partial charge >= 0.3 is 0 Å². The van der Waals surface area contributed by atoms with Crippen molar-refractivity contribution >= 4 is 17.4 Å². The van der Waals surface area contributed by atoms with Crippen molar-refractivity contribution in [2.24, 2.45) is 0 Å². The maximum atomic E-state index is 13.3. The third-order valence-electron chi connectivity index (χ3n) is 2.26. The smallest absolute Gasteiger partial charge is 0.143 e. The van der Waals surface area contributed by atoms with E-state index in [0.29, 0.717) is 29.2 Å². The number of Topliss-reactive ketones (excluding diaryl/α,β-unsaturated/α-hetero) is 1. The number of nitrogens with zero attached hydrogens (tertiary/aromatic N) is 1. The number of ketones is 1. The Morgan fingerprint density at radius 2 is 2.12 bits per heavy atom. The number of benzene rings is 1. The number of halogens is 2. The lowest BCUT2D eigenvalue weighted by atomic mass is 10.1. The van der Waals surface area contributed by atoms with Crippen LogP contribution in [0.2, 0.25) is 5.02 Å². The lowest BCUT2D eigenvalue weighted by Gasteiger charge is -2.16. The van der Waals surface area contributed by atoms with Crippen molar-refractivity contribution in [1.82, 2.24) is 4.90 Å². The van der Waals surface area contributed by atoms with Crippen LogP contribution >= 0.6 is 11.6 Å². The molecule has 0 radical (unpaired) electrons. The molecule has 88 valence electrons. The van der Waals surface area contributed by atoms with Crippen molar-refractivity contribution in [1.29, 1.82) is 0 Å². The van der Waals surface area contributed by atoms with Gasteiger partial charge in [0.05, 0.1) is 6.54 Å². The molecule has 0 fully saturated rings. The van der Waals surface area contributed by atoms with Crippen molar-refractivity contribution in [2.75, 3.05) is 13.6 Å². The van der Waals surface area contributed by atoms with Crippen molar-refractivity contribution in [3.05, 3.63) is 34.1 Å². The third-order valence-corrected chi connectivity index (χ3v) is 2.61. The van der Waals surface area contributed by atoms with Gasteiger partial charge in [-0.15, -0.1) is 0 Å². The molecule has 0 saturated carbocycles. The Bertz CT molecular complexity index is 406. The second-order valence-corrected chi connectivity index (χ2v) is 4.47. The molecule has 2 nitrogen and oxygen atoms in total. The molecule has 0 unspecified atom stereocenters. The van der Waals surface area contributed by atoms with Crippen LogP contribution in [-0.2, 0) is 11.3 Å². The molecule has 16 heavy (non-hydrogen) atoms. The summed E-state index contributed by atoms with van der Waals surface area (Å²) in [5.74, 6) is -0.193. The molecule has 0 aliphatic rings. The van der Waals surface area contributed by atoms with Gasteiger partial charge in [-0.3, -0.25) is 9.69 Å². The summed E-state index contributed by atoms with van der Waals surface area (Å²) < 4.78 is 13.3. The van der Waals surface area contributed by atoms with Gasteiger partial charge < -0.3 is 0 Å². The Morgan fingerprint density at radius 3 is 2.69 bits per heavy atom.